The minimum absolute atomic E-state index is 0.524. The van der Waals surface area contributed by atoms with Crippen molar-refractivity contribution in [2.45, 2.75) is 46.0 Å². The highest BCUT2D eigenvalue weighted by Crippen LogP contribution is 2.31. The monoisotopic (exact) mass is 523 g/mol. The Morgan fingerprint density at radius 3 is 2.63 bits per heavy atom. The summed E-state index contributed by atoms with van der Waals surface area (Å²) < 4.78 is 0. The third-order valence-electron chi connectivity index (χ3n) is 6.96. The second-order valence-electron chi connectivity index (χ2n) is 9.51. The first-order valence-electron chi connectivity index (χ1n) is 13.1. The molecule has 0 saturated heterocycles. The Kier molecular flexibility index (Phi) is 8.98. The van der Waals surface area contributed by atoms with Crippen molar-refractivity contribution in [3.8, 4) is 10.6 Å². The van der Waals surface area contributed by atoms with E-state index < -0.39 is 0 Å². The van der Waals surface area contributed by atoms with Crippen LogP contribution in [0.2, 0.25) is 0 Å². The number of nitrogens with one attached hydrogen (secondary N) is 2. The molecule has 4 N–H and O–H groups in total. The Morgan fingerprint density at radius 2 is 1.97 bits per heavy atom. The molecule has 5 nitrogen and oxygen atoms in total. The largest absolute Gasteiger partial charge is 0.399 e. The summed E-state index contributed by atoms with van der Waals surface area (Å²) in [5.74, 6) is 1.35. The molecule has 38 heavy (non-hydrogen) atoms. The van der Waals surface area contributed by atoms with E-state index in [-0.39, 0.29) is 0 Å². The Hall–Kier alpha value is -3.90. The van der Waals surface area contributed by atoms with E-state index in [9.17, 15) is 0 Å². The number of imidazole rings is 1. The number of hydrogen-bond acceptors (Lipinski definition) is 5. The molecule has 4 rings (SSSR count). The van der Waals surface area contributed by atoms with E-state index >= 15 is 0 Å². The maximum Gasteiger partial charge on any atom is 0.116 e. The molecule has 1 aliphatic carbocycles. The SMILES string of the molecule is C=C/C(=C\C(=C/C)C(=C)/C=C(Cc1nc2c(-c3cccs3)nccc2[nH]1)\C(N)=C/C)NC(=C)C1CCCC1. The summed E-state index contributed by atoms with van der Waals surface area (Å²) in [7, 11) is 0. The molecule has 0 amide bonds. The van der Waals surface area contributed by atoms with Crippen LogP contribution in [-0.2, 0) is 6.42 Å². The van der Waals surface area contributed by atoms with Crippen LogP contribution in [0.15, 0.2) is 114 Å². The van der Waals surface area contributed by atoms with Gasteiger partial charge in [0.2, 0.25) is 0 Å². The second kappa shape index (κ2) is 12.6. The highest BCUT2D eigenvalue weighted by Gasteiger charge is 2.18. The van der Waals surface area contributed by atoms with Gasteiger partial charge in [-0.25, -0.2) is 4.98 Å². The lowest BCUT2D eigenvalue weighted by molar-refractivity contribution is 0.607. The lowest BCUT2D eigenvalue weighted by Crippen LogP contribution is -2.16. The minimum atomic E-state index is 0.524. The lowest BCUT2D eigenvalue weighted by atomic mass is 9.99. The van der Waals surface area contributed by atoms with Gasteiger partial charge in [0, 0.05) is 29.7 Å². The fourth-order valence-corrected chi connectivity index (χ4v) is 5.52. The van der Waals surface area contributed by atoms with Crippen molar-refractivity contribution in [3.63, 3.8) is 0 Å². The van der Waals surface area contributed by atoms with Crippen LogP contribution < -0.4 is 11.1 Å². The van der Waals surface area contributed by atoms with E-state index in [1.807, 2.05) is 61.9 Å². The normalized spacial score (nSPS) is 15.7. The first-order chi connectivity index (χ1) is 18.4. The van der Waals surface area contributed by atoms with Gasteiger partial charge in [-0.3, -0.25) is 4.98 Å². The molecule has 3 aromatic rings. The maximum atomic E-state index is 6.44. The molecular formula is C32H37N5S. The molecule has 1 fully saturated rings. The molecule has 3 heterocycles. The van der Waals surface area contributed by atoms with Gasteiger partial charge in [0.25, 0.3) is 0 Å². The number of nitrogens with two attached hydrogens (primary N) is 1. The minimum Gasteiger partial charge on any atom is -0.399 e. The number of rotatable bonds is 11. The zero-order chi connectivity index (χ0) is 27.1. The van der Waals surface area contributed by atoms with E-state index in [2.05, 4.69) is 47.2 Å². The van der Waals surface area contributed by atoms with Crippen molar-refractivity contribution in [2.24, 2.45) is 11.7 Å². The number of aromatic amines is 1. The van der Waals surface area contributed by atoms with Gasteiger partial charge in [-0.2, -0.15) is 0 Å². The molecule has 0 atom stereocenters. The number of allylic oxidation sites excluding steroid dienone is 9. The number of pyridine rings is 1. The molecule has 0 unspecified atom stereocenters. The smallest absolute Gasteiger partial charge is 0.116 e. The van der Waals surface area contributed by atoms with Gasteiger partial charge in [0.15, 0.2) is 0 Å². The summed E-state index contributed by atoms with van der Waals surface area (Å²) in [5, 5.41) is 5.53. The first kappa shape index (κ1) is 27.1. The fourth-order valence-electron chi connectivity index (χ4n) is 4.80. The van der Waals surface area contributed by atoms with Gasteiger partial charge in [0.1, 0.15) is 17.0 Å². The summed E-state index contributed by atoms with van der Waals surface area (Å²) in [6, 6.07) is 6.05. The quantitative estimate of drug-likeness (QED) is 0.223. The van der Waals surface area contributed by atoms with Gasteiger partial charge in [-0.05, 0) is 85.1 Å². The van der Waals surface area contributed by atoms with Gasteiger partial charge in [0.05, 0.1) is 10.4 Å². The van der Waals surface area contributed by atoms with Gasteiger partial charge < -0.3 is 16.0 Å². The van der Waals surface area contributed by atoms with Crippen molar-refractivity contribution in [1.82, 2.24) is 20.3 Å². The summed E-state index contributed by atoms with van der Waals surface area (Å²) in [6.07, 6.45) is 17.2. The van der Waals surface area contributed by atoms with E-state index in [0.717, 1.165) is 55.5 Å². The molecule has 1 aliphatic rings. The summed E-state index contributed by atoms with van der Waals surface area (Å²) in [5.41, 5.74) is 14.6. The third kappa shape index (κ3) is 6.32. The van der Waals surface area contributed by atoms with Crippen LogP contribution >= 0.6 is 11.3 Å². The van der Waals surface area contributed by atoms with Crippen molar-refractivity contribution >= 4 is 22.4 Å². The number of H-pyrrole nitrogens is 1. The number of hydrogen-bond donors (Lipinski definition) is 3. The second-order valence-corrected chi connectivity index (χ2v) is 10.5. The number of aromatic nitrogens is 3. The maximum absolute atomic E-state index is 6.44. The Balaban J connectivity index is 1.58. The Labute approximate surface area is 230 Å². The molecule has 196 valence electrons. The molecule has 0 aromatic carbocycles. The fraction of sp³-hybridized carbons (Fsp3) is 0.250. The molecule has 1 saturated carbocycles. The topological polar surface area (TPSA) is 79.6 Å². The van der Waals surface area contributed by atoms with Gasteiger partial charge in [-0.15, -0.1) is 11.3 Å². The van der Waals surface area contributed by atoms with Crippen molar-refractivity contribution < 1.29 is 0 Å². The van der Waals surface area contributed by atoms with Crippen LogP contribution in [0.4, 0.5) is 0 Å². The number of thiophene rings is 1. The molecule has 6 heteroatoms. The number of nitrogens with zero attached hydrogens (tertiary/aromatic N) is 2. The first-order valence-corrected chi connectivity index (χ1v) is 14.0. The van der Waals surface area contributed by atoms with E-state index in [0.29, 0.717) is 18.0 Å². The van der Waals surface area contributed by atoms with Crippen LogP contribution in [0.25, 0.3) is 21.6 Å². The van der Waals surface area contributed by atoms with E-state index in [4.69, 9.17) is 10.7 Å². The average Bonchev–Trinajstić information content (AvgIpc) is 3.71. The zero-order valence-corrected chi connectivity index (χ0v) is 23.2. The van der Waals surface area contributed by atoms with Crippen LogP contribution in [0.5, 0.6) is 0 Å². The van der Waals surface area contributed by atoms with Crippen LogP contribution in [0.3, 0.4) is 0 Å². The van der Waals surface area contributed by atoms with Crippen LogP contribution in [0.1, 0.15) is 45.4 Å². The Morgan fingerprint density at radius 1 is 1.18 bits per heavy atom. The van der Waals surface area contributed by atoms with E-state index in [1.54, 1.807) is 11.3 Å². The summed E-state index contributed by atoms with van der Waals surface area (Å²) in [4.78, 5) is 14.0. The standard InChI is InChI=1S/C32H37N5S/c1-6-23(19-26(7-2)35-22(5)24-12-9-10-13-24)21(4)18-25(27(33)8-3)20-30-36-28-15-16-34-32(31(28)37-30)29-14-11-17-38-29/h6-8,11,14-19,24,35H,2,4-5,9-10,12-13,20,33H2,1,3H3,(H,36,37)/b23-6+,25-18-,26-19+,27-8+. The molecule has 0 radical (unpaired) electrons. The molecule has 0 bridgehead atoms. The molecule has 3 aromatic heterocycles. The predicted molar refractivity (Wildman–Crippen MR) is 162 cm³/mol. The predicted octanol–water partition coefficient (Wildman–Crippen LogP) is 7.88. The number of fused-ring (bicyclic) bond motifs is 1. The van der Waals surface area contributed by atoms with Gasteiger partial charge >= 0.3 is 0 Å². The highest BCUT2D eigenvalue weighted by atomic mass is 32.1. The lowest BCUT2D eigenvalue weighted by Gasteiger charge is -2.17. The molecular weight excluding hydrogens is 486 g/mol. The van der Waals surface area contributed by atoms with Crippen LogP contribution in [0, 0.1) is 5.92 Å². The summed E-state index contributed by atoms with van der Waals surface area (Å²) in [6.45, 7) is 16.6. The highest BCUT2D eigenvalue weighted by molar-refractivity contribution is 7.13. The van der Waals surface area contributed by atoms with Crippen molar-refractivity contribution in [1.29, 1.82) is 0 Å². The van der Waals surface area contributed by atoms with Crippen molar-refractivity contribution in [2.75, 3.05) is 0 Å². The van der Waals surface area contributed by atoms with Crippen LogP contribution in [-0.4, -0.2) is 15.0 Å². The average molecular weight is 524 g/mol. The molecule has 0 aliphatic heterocycles. The van der Waals surface area contributed by atoms with Gasteiger partial charge in [-0.1, -0.05) is 50.8 Å². The summed E-state index contributed by atoms with van der Waals surface area (Å²) >= 11 is 1.66. The molecule has 0 spiro atoms. The van der Waals surface area contributed by atoms with Crippen molar-refractivity contribution in [3.05, 3.63) is 120 Å². The Bertz CT molecular complexity index is 1440. The van der Waals surface area contributed by atoms with E-state index in [1.165, 1.54) is 25.7 Å². The zero-order valence-electron chi connectivity index (χ0n) is 22.4. The third-order valence-corrected chi connectivity index (χ3v) is 7.83.